The molecule has 3 aromatic rings. The summed E-state index contributed by atoms with van der Waals surface area (Å²) in [6, 6.07) is 29.5. The van der Waals surface area contributed by atoms with Crippen LogP contribution in [0.4, 0.5) is 0 Å². The predicted molar refractivity (Wildman–Crippen MR) is 127 cm³/mol. The van der Waals surface area contributed by atoms with Crippen molar-refractivity contribution in [3.63, 3.8) is 0 Å². The maximum Gasteiger partial charge on any atom is 0.236 e. The summed E-state index contributed by atoms with van der Waals surface area (Å²) < 4.78 is 0. The van der Waals surface area contributed by atoms with Crippen LogP contribution in [0.5, 0.6) is 0 Å². The van der Waals surface area contributed by atoms with Gasteiger partial charge in [0.05, 0.1) is 12.1 Å². The molecule has 3 aromatic carbocycles. The third-order valence-corrected chi connectivity index (χ3v) is 6.62. The van der Waals surface area contributed by atoms with Crippen molar-refractivity contribution >= 4 is 11.8 Å². The van der Waals surface area contributed by atoms with Crippen molar-refractivity contribution in [2.45, 2.75) is 44.7 Å². The standard InChI is InChI=1S/C28H30N2O2/c1-20(22-12-6-3-7-13-22)29-26(31)28(18-25(19-28)24-16-10-5-11-17-24)27(32)30-21(2)23-14-8-4-9-15-23/h3-17,20-21,25H,18-19H2,1-2H3,(H,29,31)(H,30,32). The molecule has 4 heteroatoms. The lowest BCUT2D eigenvalue weighted by Gasteiger charge is -2.46. The van der Waals surface area contributed by atoms with E-state index in [-0.39, 0.29) is 29.8 Å². The Bertz CT molecular complexity index is 983. The number of amides is 2. The van der Waals surface area contributed by atoms with E-state index in [1.165, 1.54) is 5.56 Å². The summed E-state index contributed by atoms with van der Waals surface area (Å²) in [6.07, 6.45) is 1.02. The predicted octanol–water partition coefficient (Wildman–Crippen LogP) is 5.31. The van der Waals surface area contributed by atoms with Crippen molar-refractivity contribution in [3.8, 4) is 0 Å². The summed E-state index contributed by atoms with van der Waals surface area (Å²) in [7, 11) is 0. The molecule has 4 nitrogen and oxygen atoms in total. The topological polar surface area (TPSA) is 58.2 Å². The number of nitrogens with one attached hydrogen (secondary N) is 2. The molecule has 0 aromatic heterocycles. The summed E-state index contributed by atoms with van der Waals surface area (Å²) in [5, 5.41) is 6.21. The van der Waals surface area contributed by atoms with Gasteiger partial charge in [0.2, 0.25) is 11.8 Å². The lowest BCUT2D eigenvalue weighted by molar-refractivity contribution is -0.151. The van der Waals surface area contributed by atoms with E-state index in [9.17, 15) is 9.59 Å². The molecule has 0 bridgehead atoms. The van der Waals surface area contributed by atoms with Crippen molar-refractivity contribution in [1.29, 1.82) is 0 Å². The largest absolute Gasteiger partial charge is 0.349 e. The normalized spacial score (nSPS) is 21.6. The first-order valence-corrected chi connectivity index (χ1v) is 11.3. The van der Waals surface area contributed by atoms with Crippen LogP contribution in [0, 0.1) is 5.41 Å². The van der Waals surface area contributed by atoms with Crippen LogP contribution in [0.15, 0.2) is 91.0 Å². The van der Waals surface area contributed by atoms with Crippen molar-refractivity contribution in [3.05, 3.63) is 108 Å². The average molecular weight is 427 g/mol. The molecule has 0 saturated heterocycles. The lowest BCUT2D eigenvalue weighted by atomic mass is 9.58. The number of hydrogen-bond acceptors (Lipinski definition) is 2. The van der Waals surface area contributed by atoms with E-state index in [2.05, 4.69) is 22.8 Å². The van der Waals surface area contributed by atoms with Crippen LogP contribution in [0.2, 0.25) is 0 Å². The Labute approximate surface area is 190 Å². The van der Waals surface area contributed by atoms with Gasteiger partial charge in [-0.1, -0.05) is 91.0 Å². The van der Waals surface area contributed by atoms with Crippen LogP contribution in [0.3, 0.4) is 0 Å². The van der Waals surface area contributed by atoms with Gasteiger partial charge in [0.1, 0.15) is 5.41 Å². The van der Waals surface area contributed by atoms with Gasteiger partial charge >= 0.3 is 0 Å². The zero-order valence-electron chi connectivity index (χ0n) is 18.6. The third kappa shape index (κ3) is 4.45. The summed E-state index contributed by atoms with van der Waals surface area (Å²) in [6.45, 7) is 3.91. The van der Waals surface area contributed by atoms with Crippen LogP contribution in [0.1, 0.15) is 61.4 Å². The Kier molecular flexibility index (Phi) is 6.40. The van der Waals surface area contributed by atoms with Crippen LogP contribution in [-0.4, -0.2) is 11.8 Å². The van der Waals surface area contributed by atoms with Gasteiger partial charge < -0.3 is 10.6 Å². The summed E-state index contributed by atoms with van der Waals surface area (Å²) in [5.74, 6) is -0.190. The molecule has 1 saturated carbocycles. The van der Waals surface area contributed by atoms with Crippen LogP contribution >= 0.6 is 0 Å². The molecule has 0 heterocycles. The molecule has 2 N–H and O–H groups in total. The smallest absolute Gasteiger partial charge is 0.236 e. The second kappa shape index (κ2) is 9.39. The molecule has 32 heavy (non-hydrogen) atoms. The quantitative estimate of drug-likeness (QED) is 0.503. The van der Waals surface area contributed by atoms with Gasteiger partial charge in [0.25, 0.3) is 0 Å². The molecule has 2 atom stereocenters. The fourth-order valence-electron chi connectivity index (χ4n) is 4.54. The van der Waals surface area contributed by atoms with E-state index < -0.39 is 5.41 Å². The molecule has 2 amide bonds. The first-order valence-electron chi connectivity index (χ1n) is 11.3. The van der Waals surface area contributed by atoms with E-state index in [0.717, 1.165) is 11.1 Å². The van der Waals surface area contributed by atoms with Crippen molar-refractivity contribution < 1.29 is 9.59 Å². The monoisotopic (exact) mass is 426 g/mol. The Hall–Kier alpha value is -3.40. The molecule has 4 rings (SSSR count). The maximum atomic E-state index is 13.5. The zero-order chi connectivity index (χ0) is 22.6. The molecule has 1 aliphatic carbocycles. The number of benzene rings is 3. The van der Waals surface area contributed by atoms with Crippen molar-refractivity contribution in [2.75, 3.05) is 0 Å². The molecular formula is C28H30N2O2. The molecule has 0 spiro atoms. The van der Waals surface area contributed by atoms with Gasteiger partial charge in [0, 0.05) is 0 Å². The Morgan fingerprint density at radius 1 is 0.688 bits per heavy atom. The van der Waals surface area contributed by atoms with Gasteiger partial charge in [-0.05, 0) is 49.3 Å². The molecule has 164 valence electrons. The number of carbonyl (C=O) groups excluding carboxylic acids is 2. The summed E-state index contributed by atoms with van der Waals surface area (Å²) >= 11 is 0. The Balaban J connectivity index is 1.53. The Morgan fingerprint density at radius 2 is 1.06 bits per heavy atom. The SMILES string of the molecule is CC(NC(=O)C1(C(=O)NC(C)c2ccccc2)CC(c2ccccc2)C1)c1ccccc1. The minimum atomic E-state index is -1.06. The molecule has 2 unspecified atom stereocenters. The first kappa shape index (κ1) is 21.8. The van der Waals surface area contributed by atoms with Gasteiger partial charge in [-0.15, -0.1) is 0 Å². The number of carbonyl (C=O) groups is 2. The van der Waals surface area contributed by atoms with Crippen LogP contribution in [0.25, 0.3) is 0 Å². The average Bonchev–Trinajstić information content (AvgIpc) is 2.80. The maximum absolute atomic E-state index is 13.5. The van der Waals surface area contributed by atoms with E-state index in [1.807, 2.05) is 92.7 Å². The molecule has 0 radical (unpaired) electrons. The molecule has 1 fully saturated rings. The van der Waals surface area contributed by atoms with E-state index in [0.29, 0.717) is 12.8 Å². The minimum Gasteiger partial charge on any atom is -0.349 e. The van der Waals surface area contributed by atoms with E-state index in [4.69, 9.17) is 0 Å². The fourth-order valence-corrected chi connectivity index (χ4v) is 4.54. The highest BCUT2D eigenvalue weighted by Crippen LogP contribution is 2.52. The summed E-state index contributed by atoms with van der Waals surface area (Å²) in [4.78, 5) is 27.0. The fraction of sp³-hybridized carbons (Fsp3) is 0.286. The van der Waals surface area contributed by atoms with Crippen molar-refractivity contribution in [1.82, 2.24) is 10.6 Å². The highest BCUT2D eigenvalue weighted by Gasteiger charge is 2.56. The first-order chi connectivity index (χ1) is 15.5. The second-order valence-corrected chi connectivity index (χ2v) is 8.81. The highest BCUT2D eigenvalue weighted by atomic mass is 16.2. The van der Waals surface area contributed by atoms with Crippen LogP contribution < -0.4 is 10.6 Å². The molecule has 1 aliphatic rings. The van der Waals surface area contributed by atoms with Gasteiger partial charge in [-0.25, -0.2) is 0 Å². The summed E-state index contributed by atoms with van der Waals surface area (Å²) in [5.41, 5.74) is 2.16. The van der Waals surface area contributed by atoms with E-state index in [1.54, 1.807) is 0 Å². The van der Waals surface area contributed by atoms with E-state index >= 15 is 0 Å². The zero-order valence-corrected chi connectivity index (χ0v) is 18.6. The van der Waals surface area contributed by atoms with Crippen molar-refractivity contribution in [2.24, 2.45) is 5.41 Å². The van der Waals surface area contributed by atoms with Gasteiger partial charge in [-0.3, -0.25) is 9.59 Å². The molecular weight excluding hydrogens is 396 g/mol. The van der Waals surface area contributed by atoms with Gasteiger partial charge in [-0.2, -0.15) is 0 Å². The minimum absolute atomic E-state index is 0.171. The Morgan fingerprint density at radius 3 is 1.47 bits per heavy atom. The second-order valence-electron chi connectivity index (χ2n) is 8.81. The third-order valence-electron chi connectivity index (χ3n) is 6.62. The highest BCUT2D eigenvalue weighted by molar-refractivity contribution is 6.06. The number of hydrogen-bond donors (Lipinski definition) is 2. The molecule has 0 aliphatic heterocycles. The lowest BCUT2D eigenvalue weighted by Crippen LogP contribution is -2.58. The van der Waals surface area contributed by atoms with Crippen LogP contribution in [-0.2, 0) is 9.59 Å². The van der Waals surface area contributed by atoms with Gasteiger partial charge in [0.15, 0.2) is 0 Å². The number of rotatable bonds is 7.